The zero-order chi connectivity index (χ0) is 18.7. The van der Waals surface area contributed by atoms with Gasteiger partial charge in [0.25, 0.3) is 0 Å². The fourth-order valence-corrected chi connectivity index (χ4v) is 2.22. The number of halogens is 4. The van der Waals surface area contributed by atoms with Crippen LogP contribution in [-0.4, -0.2) is 28.4 Å². The highest BCUT2D eigenvalue weighted by atomic mass is 19.2. The van der Waals surface area contributed by atoms with Gasteiger partial charge in [0.15, 0.2) is 17.4 Å². The Bertz CT molecular complexity index is 756. The Morgan fingerprint density at radius 2 is 1.36 bits per heavy atom. The van der Waals surface area contributed by atoms with Gasteiger partial charge in [-0.05, 0) is 12.1 Å². The first-order valence-electron chi connectivity index (χ1n) is 6.87. The molecule has 0 saturated carbocycles. The molecule has 0 fully saturated rings. The summed E-state index contributed by atoms with van der Waals surface area (Å²) in [6, 6.07) is 4.21. The van der Waals surface area contributed by atoms with Crippen molar-refractivity contribution in [3.63, 3.8) is 0 Å². The van der Waals surface area contributed by atoms with Crippen molar-refractivity contribution in [2.75, 3.05) is 33.5 Å². The van der Waals surface area contributed by atoms with E-state index in [1.54, 1.807) is 0 Å². The lowest BCUT2D eigenvalue weighted by Crippen LogP contribution is -2.20. The average Bonchev–Trinajstić information content (AvgIpc) is 2.63. The fourth-order valence-electron chi connectivity index (χ4n) is 2.22. The standard InChI is InChI=1S/C16H15F4NO4/c1-22-8-5-6-9(10(7-8)23-2)21(25-4)15-11(17)13(19)16(24-3)14(20)12(15)18/h5-7H,1-4H3. The third-order valence-electron chi connectivity index (χ3n) is 3.40. The molecule has 0 aliphatic rings. The van der Waals surface area contributed by atoms with Crippen LogP contribution in [0.2, 0.25) is 0 Å². The van der Waals surface area contributed by atoms with Gasteiger partial charge >= 0.3 is 0 Å². The Morgan fingerprint density at radius 1 is 0.760 bits per heavy atom. The summed E-state index contributed by atoms with van der Waals surface area (Å²) in [5.41, 5.74) is -1.10. The van der Waals surface area contributed by atoms with E-state index < -0.39 is 34.7 Å². The van der Waals surface area contributed by atoms with Crippen LogP contribution in [0.5, 0.6) is 17.2 Å². The maximum Gasteiger partial charge on any atom is 0.206 e. The normalized spacial score (nSPS) is 10.6. The lowest BCUT2D eigenvalue weighted by atomic mass is 10.2. The second kappa shape index (κ2) is 7.47. The SMILES string of the molecule is COc1ccc(N(OC)c2c(F)c(F)c(OC)c(F)c2F)c(OC)c1. The Hall–Kier alpha value is -2.68. The number of methoxy groups -OCH3 is 3. The molecule has 25 heavy (non-hydrogen) atoms. The van der Waals surface area contributed by atoms with Gasteiger partial charge in [-0.25, -0.2) is 13.8 Å². The van der Waals surface area contributed by atoms with Crippen molar-refractivity contribution in [3.05, 3.63) is 41.5 Å². The summed E-state index contributed by atoms with van der Waals surface area (Å²) in [7, 11) is 4.67. The fraction of sp³-hybridized carbons (Fsp3) is 0.250. The lowest BCUT2D eigenvalue weighted by molar-refractivity contribution is 0.191. The van der Waals surface area contributed by atoms with E-state index in [1.165, 1.54) is 32.4 Å². The molecule has 2 aromatic rings. The molecule has 0 saturated heterocycles. The van der Waals surface area contributed by atoms with Crippen LogP contribution in [0.15, 0.2) is 18.2 Å². The highest BCUT2D eigenvalue weighted by Crippen LogP contribution is 2.41. The van der Waals surface area contributed by atoms with E-state index in [2.05, 4.69) is 4.74 Å². The summed E-state index contributed by atoms with van der Waals surface area (Å²) >= 11 is 0. The Balaban J connectivity index is 2.71. The zero-order valence-electron chi connectivity index (χ0n) is 13.8. The van der Waals surface area contributed by atoms with E-state index in [0.29, 0.717) is 10.8 Å². The molecule has 2 rings (SSSR count). The molecule has 9 heteroatoms. The number of nitrogens with zero attached hydrogens (tertiary/aromatic N) is 1. The van der Waals surface area contributed by atoms with Gasteiger partial charge in [0.2, 0.25) is 11.6 Å². The van der Waals surface area contributed by atoms with Crippen LogP contribution in [0.1, 0.15) is 0 Å². The van der Waals surface area contributed by atoms with Gasteiger partial charge in [-0.2, -0.15) is 8.78 Å². The molecule has 0 spiro atoms. The third-order valence-corrected chi connectivity index (χ3v) is 3.40. The van der Waals surface area contributed by atoms with Gasteiger partial charge in [-0.1, -0.05) is 0 Å². The minimum Gasteiger partial charge on any atom is -0.497 e. The van der Waals surface area contributed by atoms with Crippen molar-refractivity contribution < 1.29 is 36.6 Å². The summed E-state index contributed by atoms with van der Waals surface area (Å²) < 4.78 is 71.1. The van der Waals surface area contributed by atoms with E-state index in [0.717, 1.165) is 14.2 Å². The smallest absolute Gasteiger partial charge is 0.206 e. The summed E-state index contributed by atoms with van der Waals surface area (Å²) in [6.07, 6.45) is 0. The molecule has 5 nitrogen and oxygen atoms in total. The predicted octanol–water partition coefficient (Wildman–Crippen LogP) is 3.97. The number of hydrogen-bond donors (Lipinski definition) is 0. The third kappa shape index (κ3) is 3.14. The van der Waals surface area contributed by atoms with Crippen molar-refractivity contribution >= 4 is 11.4 Å². The molecule has 0 unspecified atom stereocenters. The minimum atomic E-state index is -1.69. The topological polar surface area (TPSA) is 40.2 Å². The van der Waals surface area contributed by atoms with Crippen LogP contribution in [0.3, 0.4) is 0 Å². The first kappa shape index (κ1) is 18.7. The van der Waals surface area contributed by atoms with Crippen LogP contribution in [-0.2, 0) is 4.84 Å². The van der Waals surface area contributed by atoms with E-state index in [1.807, 2.05) is 0 Å². The molecule has 2 aromatic carbocycles. The van der Waals surface area contributed by atoms with Crippen LogP contribution in [0.25, 0.3) is 0 Å². The number of hydrogen-bond acceptors (Lipinski definition) is 5. The molecule has 0 aliphatic heterocycles. The van der Waals surface area contributed by atoms with Crippen LogP contribution in [0.4, 0.5) is 28.9 Å². The van der Waals surface area contributed by atoms with E-state index in [9.17, 15) is 17.6 Å². The van der Waals surface area contributed by atoms with Gasteiger partial charge in [-0.15, -0.1) is 0 Å². The summed E-state index contributed by atoms with van der Waals surface area (Å²) in [4.78, 5) is 4.94. The van der Waals surface area contributed by atoms with Gasteiger partial charge in [-0.3, -0.25) is 4.84 Å². The van der Waals surface area contributed by atoms with Crippen molar-refractivity contribution in [2.24, 2.45) is 0 Å². The molecule has 136 valence electrons. The maximum absolute atomic E-state index is 14.3. The summed E-state index contributed by atoms with van der Waals surface area (Å²) in [5.74, 6) is -7.43. The molecule has 0 radical (unpaired) electrons. The van der Waals surface area contributed by atoms with Crippen molar-refractivity contribution in [2.45, 2.75) is 0 Å². The minimum absolute atomic E-state index is 0.00688. The number of ether oxygens (including phenoxy) is 3. The molecule has 0 bridgehead atoms. The Kier molecular flexibility index (Phi) is 5.58. The molecule has 0 aromatic heterocycles. The van der Waals surface area contributed by atoms with Gasteiger partial charge in [0.1, 0.15) is 22.9 Å². The monoisotopic (exact) mass is 361 g/mol. The van der Waals surface area contributed by atoms with Crippen LogP contribution < -0.4 is 19.3 Å². The average molecular weight is 361 g/mol. The zero-order valence-corrected chi connectivity index (χ0v) is 13.8. The molecule has 0 amide bonds. The van der Waals surface area contributed by atoms with Gasteiger partial charge < -0.3 is 14.2 Å². The summed E-state index contributed by atoms with van der Waals surface area (Å²) in [6.45, 7) is 0. The second-order valence-corrected chi connectivity index (χ2v) is 4.65. The van der Waals surface area contributed by atoms with Crippen molar-refractivity contribution in [3.8, 4) is 17.2 Å². The molecule has 0 atom stereocenters. The number of anilines is 2. The largest absolute Gasteiger partial charge is 0.497 e. The number of rotatable bonds is 6. The van der Waals surface area contributed by atoms with E-state index >= 15 is 0 Å². The lowest BCUT2D eigenvalue weighted by Gasteiger charge is -2.25. The van der Waals surface area contributed by atoms with Gasteiger partial charge in [0.05, 0.1) is 28.4 Å². The predicted molar refractivity (Wildman–Crippen MR) is 81.5 cm³/mol. The first-order chi connectivity index (χ1) is 11.9. The highest BCUT2D eigenvalue weighted by molar-refractivity contribution is 5.70. The number of benzene rings is 2. The Labute approximate surface area is 141 Å². The van der Waals surface area contributed by atoms with E-state index in [4.69, 9.17) is 14.3 Å². The Morgan fingerprint density at radius 3 is 1.80 bits per heavy atom. The quantitative estimate of drug-likeness (QED) is 0.442. The van der Waals surface area contributed by atoms with Crippen molar-refractivity contribution in [1.82, 2.24) is 0 Å². The molecule has 0 heterocycles. The van der Waals surface area contributed by atoms with E-state index in [-0.39, 0.29) is 11.4 Å². The summed E-state index contributed by atoms with van der Waals surface area (Å²) in [5, 5.41) is 0.564. The molecule has 0 N–H and O–H groups in total. The van der Waals surface area contributed by atoms with Crippen LogP contribution in [0, 0.1) is 23.3 Å². The second-order valence-electron chi connectivity index (χ2n) is 4.65. The van der Waals surface area contributed by atoms with Gasteiger partial charge in [0, 0.05) is 6.07 Å². The molecular weight excluding hydrogens is 346 g/mol. The van der Waals surface area contributed by atoms with Crippen molar-refractivity contribution in [1.29, 1.82) is 0 Å². The van der Waals surface area contributed by atoms with Crippen LogP contribution >= 0.6 is 0 Å². The maximum atomic E-state index is 14.3. The molecular formula is C16H15F4NO4. The highest BCUT2D eigenvalue weighted by Gasteiger charge is 2.31. The molecule has 0 aliphatic carbocycles. The first-order valence-corrected chi connectivity index (χ1v) is 6.87.